The first-order chi connectivity index (χ1) is 9.91. The Morgan fingerprint density at radius 2 is 1.90 bits per heavy atom. The van der Waals surface area contributed by atoms with E-state index in [0.717, 1.165) is 5.56 Å². The number of halogens is 1. The van der Waals surface area contributed by atoms with Crippen molar-refractivity contribution in [3.8, 4) is 0 Å². The van der Waals surface area contributed by atoms with Gasteiger partial charge in [0, 0.05) is 31.0 Å². The number of aromatic nitrogens is 1. The number of benzene rings is 1. The zero-order valence-electron chi connectivity index (χ0n) is 11.5. The Bertz CT molecular complexity index is 720. The van der Waals surface area contributed by atoms with Gasteiger partial charge in [-0.15, -0.1) is 0 Å². The summed E-state index contributed by atoms with van der Waals surface area (Å²) in [6, 6.07) is 8.14. The van der Waals surface area contributed by atoms with Crippen molar-refractivity contribution in [2.24, 2.45) is 0 Å². The van der Waals surface area contributed by atoms with E-state index in [1.165, 1.54) is 23.5 Å². The van der Waals surface area contributed by atoms with Gasteiger partial charge in [-0.05, 0) is 42.3 Å². The molecule has 0 amide bonds. The molecule has 1 aromatic heterocycles. The Morgan fingerprint density at radius 3 is 2.57 bits per heavy atom. The molecule has 1 heterocycles. The van der Waals surface area contributed by atoms with E-state index in [1.807, 2.05) is 12.1 Å². The van der Waals surface area contributed by atoms with Crippen LogP contribution in [0.5, 0.6) is 0 Å². The Kier molecular flexibility index (Phi) is 4.82. The third kappa shape index (κ3) is 3.72. The maximum absolute atomic E-state index is 12.5. The maximum atomic E-state index is 12.5. The maximum Gasteiger partial charge on any atom is 0.244 e. The van der Waals surface area contributed by atoms with Crippen LogP contribution in [0.15, 0.2) is 47.6 Å². The fourth-order valence-corrected chi connectivity index (χ4v) is 3.40. The first-order valence-corrected chi connectivity index (χ1v) is 8.13. The van der Waals surface area contributed by atoms with Gasteiger partial charge in [-0.3, -0.25) is 4.98 Å². The molecular formula is C14H16ClN3O2S. The number of nitrogen functional groups attached to an aromatic ring is 1. The van der Waals surface area contributed by atoms with E-state index in [9.17, 15) is 8.42 Å². The predicted octanol–water partition coefficient (Wildman–Crippen LogP) is 2.18. The molecule has 0 saturated carbocycles. The third-order valence-corrected chi connectivity index (χ3v) is 5.28. The first kappa shape index (κ1) is 15.8. The number of likely N-dealkylation sites (N-methyl/N-ethyl adjacent to an activating group) is 1. The van der Waals surface area contributed by atoms with Crippen LogP contribution in [0, 0.1) is 0 Å². The summed E-state index contributed by atoms with van der Waals surface area (Å²) in [6.45, 7) is 0.346. The summed E-state index contributed by atoms with van der Waals surface area (Å²) >= 11 is 5.86. The lowest BCUT2D eigenvalue weighted by atomic mass is 10.2. The van der Waals surface area contributed by atoms with Gasteiger partial charge < -0.3 is 5.73 Å². The van der Waals surface area contributed by atoms with E-state index in [-0.39, 0.29) is 10.6 Å². The normalized spacial score (nSPS) is 11.8. The van der Waals surface area contributed by atoms with Crippen LogP contribution >= 0.6 is 11.6 Å². The standard InChI is InChI=1S/C14H16ClN3O2S/c1-18(9-6-11-4-7-17-8-5-11)21(19,20)14-10-12(15)2-3-13(14)16/h2-5,7-8,10H,6,9,16H2,1H3. The lowest BCUT2D eigenvalue weighted by Gasteiger charge is -2.18. The number of nitrogens with zero attached hydrogens (tertiary/aromatic N) is 2. The molecule has 0 radical (unpaired) electrons. The zero-order chi connectivity index (χ0) is 15.5. The van der Waals surface area contributed by atoms with Crippen molar-refractivity contribution >= 4 is 27.3 Å². The van der Waals surface area contributed by atoms with Crippen molar-refractivity contribution in [3.63, 3.8) is 0 Å². The van der Waals surface area contributed by atoms with Gasteiger partial charge in [-0.25, -0.2) is 12.7 Å². The van der Waals surface area contributed by atoms with Crippen LogP contribution in [0.1, 0.15) is 5.56 Å². The number of hydrogen-bond acceptors (Lipinski definition) is 4. The molecule has 2 rings (SSSR count). The summed E-state index contributed by atoms with van der Waals surface area (Å²) in [5, 5.41) is 0.338. The van der Waals surface area contributed by atoms with E-state index in [0.29, 0.717) is 18.0 Å². The van der Waals surface area contributed by atoms with Crippen molar-refractivity contribution in [1.29, 1.82) is 0 Å². The molecule has 7 heteroatoms. The van der Waals surface area contributed by atoms with Crippen LogP contribution in [-0.2, 0) is 16.4 Å². The van der Waals surface area contributed by atoms with Crippen LogP contribution in [-0.4, -0.2) is 31.3 Å². The zero-order valence-corrected chi connectivity index (χ0v) is 13.1. The smallest absolute Gasteiger partial charge is 0.244 e. The van der Waals surface area contributed by atoms with Crippen molar-refractivity contribution in [3.05, 3.63) is 53.3 Å². The summed E-state index contributed by atoms with van der Waals surface area (Å²) in [4.78, 5) is 3.96. The molecule has 1 aromatic carbocycles. The summed E-state index contributed by atoms with van der Waals surface area (Å²) in [6.07, 6.45) is 3.95. The third-order valence-electron chi connectivity index (χ3n) is 3.13. The average molecular weight is 326 g/mol. The molecule has 0 fully saturated rings. The highest BCUT2D eigenvalue weighted by molar-refractivity contribution is 7.89. The van der Waals surface area contributed by atoms with Gasteiger partial charge in [0.05, 0.1) is 5.69 Å². The number of anilines is 1. The summed E-state index contributed by atoms with van der Waals surface area (Å²) < 4.78 is 26.3. The Balaban J connectivity index is 2.17. The fraction of sp³-hybridized carbons (Fsp3) is 0.214. The van der Waals surface area contributed by atoms with E-state index in [2.05, 4.69) is 4.98 Å². The van der Waals surface area contributed by atoms with E-state index < -0.39 is 10.0 Å². The molecule has 112 valence electrons. The second kappa shape index (κ2) is 6.43. The van der Waals surface area contributed by atoms with Gasteiger partial charge in [0.15, 0.2) is 0 Å². The van der Waals surface area contributed by atoms with Crippen LogP contribution in [0.3, 0.4) is 0 Å². The van der Waals surface area contributed by atoms with E-state index in [4.69, 9.17) is 17.3 Å². The highest BCUT2D eigenvalue weighted by Gasteiger charge is 2.23. The average Bonchev–Trinajstić information content (AvgIpc) is 2.48. The quantitative estimate of drug-likeness (QED) is 0.855. The highest BCUT2D eigenvalue weighted by Crippen LogP contribution is 2.25. The number of pyridine rings is 1. The highest BCUT2D eigenvalue weighted by atomic mass is 35.5. The molecule has 0 aliphatic rings. The molecule has 0 atom stereocenters. The van der Waals surface area contributed by atoms with Crippen LogP contribution < -0.4 is 5.73 Å². The lowest BCUT2D eigenvalue weighted by molar-refractivity contribution is 0.473. The topological polar surface area (TPSA) is 76.3 Å². The van der Waals surface area contributed by atoms with Crippen molar-refractivity contribution in [2.45, 2.75) is 11.3 Å². The molecule has 0 aliphatic heterocycles. The Hall–Kier alpha value is -1.63. The second-order valence-corrected chi connectivity index (χ2v) is 7.06. The van der Waals surface area contributed by atoms with Gasteiger partial charge in [-0.2, -0.15) is 0 Å². The van der Waals surface area contributed by atoms with Gasteiger partial charge in [0.2, 0.25) is 10.0 Å². The molecule has 0 unspecified atom stereocenters. The number of hydrogen-bond donors (Lipinski definition) is 1. The minimum atomic E-state index is -3.65. The van der Waals surface area contributed by atoms with Crippen molar-refractivity contribution < 1.29 is 8.42 Å². The molecule has 0 spiro atoms. The molecule has 2 N–H and O–H groups in total. The molecule has 5 nitrogen and oxygen atoms in total. The largest absolute Gasteiger partial charge is 0.398 e. The van der Waals surface area contributed by atoms with Crippen LogP contribution in [0.25, 0.3) is 0 Å². The fourth-order valence-electron chi connectivity index (χ4n) is 1.86. The molecule has 0 aliphatic carbocycles. The van der Waals surface area contributed by atoms with Gasteiger partial charge in [0.25, 0.3) is 0 Å². The number of nitrogens with two attached hydrogens (primary N) is 1. The van der Waals surface area contributed by atoms with Crippen molar-refractivity contribution in [2.75, 3.05) is 19.3 Å². The molecule has 0 saturated heterocycles. The molecule has 2 aromatic rings. The second-order valence-electron chi connectivity index (χ2n) is 4.61. The monoisotopic (exact) mass is 325 g/mol. The molecule has 21 heavy (non-hydrogen) atoms. The van der Waals surface area contributed by atoms with Gasteiger partial charge >= 0.3 is 0 Å². The van der Waals surface area contributed by atoms with E-state index >= 15 is 0 Å². The number of rotatable bonds is 5. The van der Waals surface area contributed by atoms with E-state index in [1.54, 1.807) is 18.5 Å². The molecule has 0 bridgehead atoms. The lowest BCUT2D eigenvalue weighted by Crippen LogP contribution is -2.29. The minimum absolute atomic E-state index is 0.0345. The molecular weight excluding hydrogens is 310 g/mol. The van der Waals surface area contributed by atoms with Gasteiger partial charge in [-0.1, -0.05) is 11.6 Å². The summed E-state index contributed by atoms with van der Waals surface area (Å²) in [5.74, 6) is 0. The Labute approximate surface area is 129 Å². The Morgan fingerprint density at radius 1 is 1.24 bits per heavy atom. The summed E-state index contributed by atoms with van der Waals surface area (Å²) in [5.41, 5.74) is 6.96. The first-order valence-electron chi connectivity index (χ1n) is 6.31. The van der Waals surface area contributed by atoms with Crippen molar-refractivity contribution in [1.82, 2.24) is 9.29 Å². The minimum Gasteiger partial charge on any atom is -0.398 e. The van der Waals surface area contributed by atoms with Crippen LogP contribution in [0.2, 0.25) is 5.02 Å². The van der Waals surface area contributed by atoms with Crippen LogP contribution in [0.4, 0.5) is 5.69 Å². The SMILES string of the molecule is CN(CCc1ccncc1)S(=O)(=O)c1cc(Cl)ccc1N. The number of sulfonamides is 1. The predicted molar refractivity (Wildman–Crippen MR) is 83.6 cm³/mol. The summed E-state index contributed by atoms with van der Waals surface area (Å²) in [7, 11) is -2.13. The van der Waals surface area contributed by atoms with Gasteiger partial charge in [0.1, 0.15) is 4.90 Å².